The van der Waals surface area contributed by atoms with E-state index in [2.05, 4.69) is 0 Å². The Balaban J connectivity index is -0.0000000183. The van der Waals surface area contributed by atoms with Crippen LogP contribution in [-0.2, 0) is 9.13 Å². The molecule has 0 radical (unpaired) electrons. The van der Waals surface area contributed by atoms with Gasteiger partial charge in [-0.2, -0.15) is 7.82 Å². The summed E-state index contributed by atoms with van der Waals surface area (Å²) < 4.78 is 17.2. The molecule has 0 aromatic rings. The maximum absolute atomic E-state index is 8.66. The molecule has 0 aliphatic rings. The summed E-state index contributed by atoms with van der Waals surface area (Å²) in [7, 11) is -10.5. The van der Waals surface area contributed by atoms with Crippen LogP contribution in [0, 0.1) is 0 Å². The van der Waals surface area contributed by atoms with Crippen LogP contribution in [-0.4, -0.2) is 129 Å². The molecule has 96 valence electrons. The summed E-state index contributed by atoms with van der Waals surface area (Å²) in [5, 5.41) is 15.3. The van der Waals surface area contributed by atoms with Crippen LogP contribution in [0.2, 0.25) is 0 Å². The molecule has 0 aromatic heterocycles. The van der Waals surface area contributed by atoms with Gasteiger partial charge in [-0.15, -0.1) is 0 Å². The summed E-state index contributed by atoms with van der Waals surface area (Å²) in [5.41, 5.74) is 0. The van der Waals surface area contributed by atoms with Gasteiger partial charge in [0.25, 0.3) is 0 Å². The molecule has 17 heteroatoms. The predicted octanol–water partition coefficient (Wildman–Crippen LogP) is -7.11. The molecular formula is CH5Ca3NO11P2. The molecule has 5 N–H and O–H groups in total. The monoisotopic (exact) mass is 389 g/mol. The Labute approximate surface area is 191 Å². The molecule has 0 saturated carbocycles. The predicted molar refractivity (Wildman–Crippen MR) is 47.7 cm³/mol. The van der Waals surface area contributed by atoms with Crippen molar-refractivity contribution >= 4 is 135 Å². The molecular weight excluding hydrogens is 384 g/mol. The number of hydrogen-bond donors (Lipinski definition) is 3. The first-order chi connectivity index (χ1) is 5.73. The zero-order chi connectivity index (χ0) is 12.6. The van der Waals surface area contributed by atoms with E-state index < -0.39 is 21.8 Å². The van der Waals surface area contributed by atoms with Gasteiger partial charge >= 0.3 is 113 Å². The molecule has 0 fully saturated rings. The summed E-state index contributed by atoms with van der Waals surface area (Å²) in [6, 6.07) is 0. The molecule has 0 aromatic carbocycles. The smallest absolute Gasteiger partial charge is 0.822 e. The van der Waals surface area contributed by atoms with Crippen molar-refractivity contribution in [3.8, 4) is 0 Å². The fourth-order valence-electron chi connectivity index (χ4n) is 0. The van der Waals surface area contributed by atoms with Gasteiger partial charge in [0, 0.05) is 0 Å². The topological polar surface area (TPSA) is 265 Å². The third kappa shape index (κ3) is 613. The van der Waals surface area contributed by atoms with E-state index in [1.165, 1.54) is 0 Å². The Kier molecular flexibility index (Phi) is 53.7. The average Bonchev–Trinajstić information content (AvgIpc) is 1.45. The van der Waals surface area contributed by atoms with Crippen LogP contribution in [0.15, 0.2) is 0 Å². The zero-order valence-corrected chi connectivity index (χ0v) is 17.2. The van der Waals surface area contributed by atoms with Crippen molar-refractivity contribution < 1.29 is 53.5 Å². The summed E-state index contributed by atoms with van der Waals surface area (Å²) in [6.45, 7) is 0. The average molecular weight is 389 g/mol. The Hall–Kier alpha value is 3.23. The largest absolute Gasteiger partial charge is 2.00 e. The molecule has 0 amide bonds. The summed E-state index contributed by atoms with van der Waals surface area (Å²) in [4.78, 5) is 58.4. The van der Waals surface area contributed by atoms with Gasteiger partial charge in [0.1, 0.15) is 0 Å². The normalized spacial score (nSPS) is 7.89. The summed E-state index contributed by atoms with van der Waals surface area (Å²) in [5.74, 6) is 0. The number of carboxylic acid groups (broad SMARTS) is 2. The first-order valence-corrected chi connectivity index (χ1v) is 5.07. The van der Waals surface area contributed by atoms with Crippen molar-refractivity contribution in [1.82, 2.24) is 6.15 Å². The van der Waals surface area contributed by atoms with Crippen molar-refractivity contribution in [2.75, 3.05) is 0 Å². The second-order valence-corrected chi connectivity index (χ2v) is 3.01. The number of rotatable bonds is 0. The standard InChI is InChI=1S/CH2O3.3Ca.H3N.2H3O4P/c2-1(3)4;;;;;2*1-5(2,3)4/h(H2,2,3,4);;;;1H3;2*(H3,1,2,3,4)/q;3*+2;;;/p-6. The third-order valence-corrected chi connectivity index (χ3v) is 0. The fourth-order valence-corrected chi connectivity index (χ4v) is 0. The third-order valence-electron chi connectivity index (χ3n) is 0. The van der Waals surface area contributed by atoms with Gasteiger partial charge in [-0.25, -0.2) is 0 Å². The van der Waals surface area contributed by atoms with Crippen molar-refractivity contribution in [2.24, 2.45) is 0 Å². The molecule has 0 spiro atoms. The van der Waals surface area contributed by atoms with Gasteiger partial charge in [0.2, 0.25) is 6.16 Å². The molecule has 0 aliphatic heterocycles. The van der Waals surface area contributed by atoms with Crippen LogP contribution in [0.4, 0.5) is 4.79 Å². The van der Waals surface area contributed by atoms with Crippen molar-refractivity contribution in [1.29, 1.82) is 0 Å². The van der Waals surface area contributed by atoms with E-state index in [1.54, 1.807) is 0 Å². The number of hydrogen-bond acceptors (Lipinski definition) is 10. The van der Waals surface area contributed by atoms with E-state index in [0.717, 1.165) is 0 Å². The zero-order valence-electron chi connectivity index (χ0n) is 8.79. The molecule has 0 heterocycles. The minimum Gasteiger partial charge on any atom is -0.822 e. The Morgan fingerprint density at radius 1 is 0.889 bits per heavy atom. The molecule has 12 nitrogen and oxygen atoms in total. The quantitative estimate of drug-likeness (QED) is 0.257. The molecule has 0 saturated heterocycles. The van der Waals surface area contributed by atoms with Crippen molar-refractivity contribution in [2.45, 2.75) is 0 Å². The van der Waals surface area contributed by atoms with E-state index in [9.17, 15) is 0 Å². The minimum absolute atomic E-state index is 0. The van der Waals surface area contributed by atoms with Crippen LogP contribution in [0.5, 0.6) is 0 Å². The molecule has 0 aliphatic carbocycles. The fraction of sp³-hybridized carbons (Fsp3) is 0. The molecule has 0 bridgehead atoms. The Bertz CT molecular complexity index is 206. The van der Waals surface area contributed by atoms with Gasteiger partial charge in [0.05, 0.1) is 7.82 Å². The maximum Gasteiger partial charge on any atom is 2.00 e. The van der Waals surface area contributed by atoms with Crippen LogP contribution in [0.25, 0.3) is 0 Å². The number of phosphoric acid groups is 2. The van der Waals surface area contributed by atoms with Crippen molar-refractivity contribution in [3.05, 3.63) is 0 Å². The van der Waals surface area contributed by atoms with E-state index in [-0.39, 0.29) is 119 Å². The van der Waals surface area contributed by atoms with E-state index in [1.807, 2.05) is 0 Å². The van der Waals surface area contributed by atoms with E-state index in [0.29, 0.717) is 0 Å². The van der Waals surface area contributed by atoms with Gasteiger partial charge in [-0.3, -0.25) is 0 Å². The van der Waals surface area contributed by atoms with E-state index >= 15 is 0 Å². The maximum atomic E-state index is 8.66. The van der Waals surface area contributed by atoms with Crippen LogP contribution in [0.3, 0.4) is 0 Å². The molecule has 0 unspecified atom stereocenters. The van der Waals surface area contributed by atoms with Crippen molar-refractivity contribution in [3.63, 3.8) is 0 Å². The van der Waals surface area contributed by atoms with E-state index in [4.69, 9.17) is 53.5 Å². The SMILES string of the molecule is N.O=C([O-])O.O=P([O-])([O-])O.O=P([O-])([O-])[O-].[Ca+2].[Ca+2].[Ca+2]. The van der Waals surface area contributed by atoms with Gasteiger partial charge in [0.15, 0.2) is 0 Å². The van der Waals surface area contributed by atoms with Gasteiger partial charge < -0.3 is 59.6 Å². The van der Waals surface area contributed by atoms with Gasteiger partial charge in [-0.1, -0.05) is 0 Å². The van der Waals surface area contributed by atoms with Crippen LogP contribution in [0.1, 0.15) is 0 Å². The second-order valence-electron chi connectivity index (χ2n) is 1.18. The van der Waals surface area contributed by atoms with Crippen LogP contribution < -0.4 is 35.7 Å². The molecule has 0 rings (SSSR count). The Morgan fingerprint density at radius 2 is 0.889 bits per heavy atom. The van der Waals surface area contributed by atoms with Crippen LogP contribution >= 0.6 is 15.6 Å². The summed E-state index contributed by atoms with van der Waals surface area (Å²) in [6.07, 6.45) is -2.08. The Morgan fingerprint density at radius 3 is 0.889 bits per heavy atom. The molecule has 18 heavy (non-hydrogen) atoms. The van der Waals surface area contributed by atoms with Gasteiger partial charge in [-0.05, 0) is 0 Å². The first kappa shape index (κ1) is 42.9. The first-order valence-electron chi connectivity index (χ1n) is 2.11. The number of carbonyl (C=O) groups is 1. The second kappa shape index (κ2) is 22.5. The minimum atomic E-state index is -5.39. The molecule has 0 atom stereocenters. The summed E-state index contributed by atoms with van der Waals surface area (Å²) >= 11 is 0.